The summed E-state index contributed by atoms with van der Waals surface area (Å²) in [6, 6.07) is 8.83. The predicted octanol–water partition coefficient (Wildman–Crippen LogP) is 2.16. The van der Waals surface area contributed by atoms with Gasteiger partial charge in [-0.15, -0.1) is 0 Å². The third-order valence-electron chi connectivity index (χ3n) is 5.43. The number of primary amides is 1. The van der Waals surface area contributed by atoms with Crippen LogP contribution >= 0.6 is 15.9 Å². The first-order valence-electron chi connectivity index (χ1n) is 9.62. The SMILES string of the molecule is CC(NC(=O)C1CCN(S(=O)(=O)c2cc(C(N)=O)n(C)c2)CC1)c1ccccc1Br. The predicted molar refractivity (Wildman–Crippen MR) is 116 cm³/mol. The van der Waals surface area contributed by atoms with Crippen LogP contribution in [-0.2, 0) is 21.9 Å². The Morgan fingerprint density at radius 1 is 1.23 bits per heavy atom. The van der Waals surface area contributed by atoms with E-state index in [4.69, 9.17) is 5.73 Å². The third-order valence-corrected chi connectivity index (χ3v) is 8.01. The number of halogens is 1. The summed E-state index contributed by atoms with van der Waals surface area (Å²) in [5, 5.41) is 3.02. The first-order chi connectivity index (χ1) is 14.1. The molecule has 1 fully saturated rings. The third kappa shape index (κ3) is 4.60. The van der Waals surface area contributed by atoms with Crippen LogP contribution in [0, 0.1) is 5.92 Å². The molecule has 3 rings (SSSR count). The zero-order valence-corrected chi connectivity index (χ0v) is 19.2. The van der Waals surface area contributed by atoms with Crippen LogP contribution < -0.4 is 11.1 Å². The smallest absolute Gasteiger partial charge is 0.265 e. The Bertz CT molecular complexity index is 1060. The highest BCUT2D eigenvalue weighted by molar-refractivity contribution is 9.10. The summed E-state index contributed by atoms with van der Waals surface area (Å²) >= 11 is 3.50. The van der Waals surface area contributed by atoms with Crippen molar-refractivity contribution in [3.63, 3.8) is 0 Å². The number of carbonyl (C=O) groups is 2. The molecule has 1 unspecified atom stereocenters. The zero-order chi connectivity index (χ0) is 22.1. The van der Waals surface area contributed by atoms with Gasteiger partial charge in [-0.05, 0) is 37.5 Å². The van der Waals surface area contributed by atoms with E-state index in [0.717, 1.165) is 10.0 Å². The molecule has 1 atom stereocenters. The number of piperidine rings is 1. The van der Waals surface area contributed by atoms with Crippen LogP contribution in [0.5, 0.6) is 0 Å². The summed E-state index contributed by atoms with van der Waals surface area (Å²) in [7, 11) is -2.18. The summed E-state index contributed by atoms with van der Waals surface area (Å²) in [6.45, 7) is 2.40. The first kappa shape index (κ1) is 22.5. The Hall–Kier alpha value is -2.17. The van der Waals surface area contributed by atoms with Crippen molar-refractivity contribution in [3.05, 3.63) is 52.3 Å². The average Bonchev–Trinajstić information content (AvgIpc) is 3.11. The van der Waals surface area contributed by atoms with Gasteiger partial charge in [-0.3, -0.25) is 9.59 Å². The molecule has 2 heterocycles. The largest absolute Gasteiger partial charge is 0.364 e. The van der Waals surface area contributed by atoms with E-state index in [-0.39, 0.29) is 41.5 Å². The number of sulfonamides is 1. The van der Waals surface area contributed by atoms with Crippen molar-refractivity contribution in [3.8, 4) is 0 Å². The molecule has 1 aromatic heterocycles. The van der Waals surface area contributed by atoms with Crippen LogP contribution in [0.2, 0.25) is 0 Å². The van der Waals surface area contributed by atoms with Gasteiger partial charge in [0.05, 0.1) is 6.04 Å². The number of nitrogens with one attached hydrogen (secondary N) is 1. The number of nitrogens with two attached hydrogens (primary N) is 1. The van der Waals surface area contributed by atoms with Crippen LogP contribution in [0.15, 0.2) is 45.9 Å². The summed E-state index contributed by atoms with van der Waals surface area (Å²) in [4.78, 5) is 24.1. The van der Waals surface area contributed by atoms with Gasteiger partial charge in [0.2, 0.25) is 15.9 Å². The van der Waals surface area contributed by atoms with Gasteiger partial charge in [0.15, 0.2) is 0 Å². The fraction of sp³-hybridized carbons (Fsp3) is 0.400. The Kier molecular flexibility index (Phi) is 6.68. The number of benzene rings is 1. The van der Waals surface area contributed by atoms with Crippen molar-refractivity contribution >= 4 is 37.8 Å². The molecule has 162 valence electrons. The van der Waals surface area contributed by atoms with Crippen LogP contribution in [0.1, 0.15) is 41.9 Å². The Labute approximate surface area is 184 Å². The van der Waals surface area contributed by atoms with Gasteiger partial charge >= 0.3 is 0 Å². The van der Waals surface area contributed by atoms with E-state index < -0.39 is 15.9 Å². The lowest BCUT2D eigenvalue weighted by atomic mass is 9.96. The number of hydrogen-bond donors (Lipinski definition) is 2. The van der Waals surface area contributed by atoms with Gasteiger partial charge in [-0.25, -0.2) is 8.42 Å². The fourth-order valence-corrected chi connectivity index (χ4v) is 5.83. The minimum absolute atomic E-state index is 0.0317. The zero-order valence-electron chi connectivity index (χ0n) is 16.8. The minimum Gasteiger partial charge on any atom is -0.364 e. The number of carbonyl (C=O) groups excluding carboxylic acids is 2. The van der Waals surface area contributed by atoms with Crippen molar-refractivity contribution in [1.82, 2.24) is 14.2 Å². The van der Waals surface area contributed by atoms with Crippen LogP contribution in [-0.4, -0.2) is 42.2 Å². The second kappa shape index (κ2) is 8.91. The standard InChI is InChI=1S/C20H25BrN4O4S/c1-13(16-5-3-4-6-17(16)21)23-20(27)14-7-9-25(10-8-14)30(28,29)15-11-18(19(22)26)24(2)12-15/h3-6,11-14H,7-10H2,1-2H3,(H2,22,26)(H,23,27). The Morgan fingerprint density at radius 3 is 2.43 bits per heavy atom. The Balaban J connectivity index is 1.62. The molecular weight excluding hydrogens is 472 g/mol. The molecule has 10 heteroatoms. The monoisotopic (exact) mass is 496 g/mol. The van der Waals surface area contributed by atoms with Crippen LogP contribution in [0.3, 0.4) is 0 Å². The van der Waals surface area contributed by atoms with E-state index in [2.05, 4.69) is 21.2 Å². The maximum atomic E-state index is 12.9. The maximum absolute atomic E-state index is 12.9. The fourth-order valence-electron chi connectivity index (χ4n) is 3.66. The topological polar surface area (TPSA) is 114 Å². The molecular formula is C20H25BrN4O4S. The molecule has 0 bridgehead atoms. The quantitative estimate of drug-likeness (QED) is 0.637. The number of hydrogen-bond acceptors (Lipinski definition) is 4. The van der Waals surface area contributed by atoms with Crippen LogP contribution in [0.4, 0.5) is 0 Å². The van der Waals surface area contributed by atoms with E-state index in [0.29, 0.717) is 12.8 Å². The van der Waals surface area contributed by atoms with E-state index in [1.165, 1.54) is 21.1 Å². The highest BCUT2D eigenvalue weighted by Gasteiger charge is 2.33. The highest BCUT2D eigenvalue weighted by Crippen LogP contribution is 2.27. The second-order valence-electron chi connectivity index (χ2n) is 7.47. The summed E-state index contributed by atoms with van der Waals surface area (Å²) < 4.78 is 29.5. The molecule has 1 aliphatic rings. The Morgan fingerprint density at radius 2 is 1.87 bits per heavy atom. The molecule has 3 N–H and O–H groups in total. The van der Waals surface area contributed by atoms with E-state index in [9.17, 15) is 18.0 Å². The summed E-state index contributed by atoms with van der Waals surface area (Å²) in [5.74, 6) is -1.02. The molecule has 8 nitrogen and oxygen atoms in total. The lowest BCUT2D eigenvalue weighted by Crippen LogP contribution is -2.43. The molecule has 2 aromatic rings. The normalized spacial score (nSPS) is 16.9. The number of nitrogens with zero attached hydrogens (tertiary/aromatic N) is 2. The number of aromatic nitrogens is 1. The van der Waals surface area contributed by atoms with E-state index in [1.807, 2.05) is 31.2 Å². The molecule has 1 aliphatic heterocycles. The maximum Gasteiger partial charge on any atom is 0.265 e. The molecule has 0 spiro atoms. The number of aryl methyl sites for hydroxylation is 1. The summed E-state index contributed by atoms with van der Waals surface area (Å²) in [5.41, 5.74) is 6.39. The molecule has 0 saturated carbocycles. The molecule has 2 amide bonds. The van der Waals surface area contributed by atoms with Crippen molar-refractivity contribution in [2.75, 3.05) is 13.1 Å². The highest BCUT2D eigenvalue weighted by atomic mass is 79.9. The van der Waals surface area contributed by atoms with E-state index >= 15 is 0 Å². The lowest BCUT2D eigenvalue weighted by Gasteiger charge is -2.31. The van der Waals surface area contributed by atoms with Gasteiger partial charge in [0.25, 0.3) is 5.91 Å². The van der Waals surface area contributed by atoms with Gasteiger partial charge < -0.3 is 15.6 Å². The lowest BCUT2D eigenvalue weighted by molar-refractivity contribution is -0.126. The molecule has 30 heavy (non-hydrogen) atoms. The van der Waals surface area contributed by atoms with Crippen molar-refractivity contribution in [2.24, 2.45) is 18.7 Å². The first-order valence-corrected chi connectivity index (χ1v) is 11.9. The molecule has 0 radical (unpaired) electrons. The van der Waals surface area contributed by atoms with Crippen molar-refractivity contribution in [2.45, 2.75) is 30.7 Å². The van der Waals surface area contributed by atoms with Crippen molar-refractivity contribution in [1.29, 1.82) is 0 Å². The number of rotatable bonds is 6. The van der Waals surface area contributed by atoms with Gasteiger partial charge in [0, 0.05) is 36.7 Å². The van der Waals surface area contributed by atoms with E-state index in [1.54, 1.807) is 7.05 Å². The van der Waals surface area contributed by atoms with Gasteiger partial charge in [-0.1, -0.05) is 34.1 Å². The molecule has 0 aliphatic carbocycles. The average molecular weight is 497 g/mol. The number of amides is 2. The molecule has 1 aromatic carbocycles. The van der Waals surface area contributed by atoms with Gasteiger partial charge in [0.1, 0.15) is 10.6 Å². The molecule has 1 saturated heterocycles. The summed E-state index contributed by atoms with van der Waals surface area (Å²) in [6.07, 6.45) is 2.25. The minimum atomic E-state index is -3.75. The van der Waals surface area contributed by atoms with Crippen LogP contribution in [0.25, 0.3) is 0 Å². The second-order valence-corrected chi connectivity index (χ2v) is 10.3. The van der Waals surface area contributed by atoms with Gasteiger partial charge in [-0.2, -0.15) is 4.31 Å². The van der Waals surface area contributed by atoms with Crippen molar-refractivity contribution < 1.29 is 18.0 Å².